The van der Waals surface area contributed by atoms with Gasteiger partial charge in [-0.05, 0) is 31.6 Å². The van der Waals surface area contributed by atoms with Crippen LogP contribution in [0.5, 0.6) is 5.75 Å². The van der Waals surface area contributed by atoms with Crippen LogP contribution in [0.3, 0.4) is 0 Å². The van der Waals surface area contributed by atoms with Crippen LogP contribution in [0.1, 0.15) is 6.42 Å². The quantitative estimate of drug-likeness (QED) is 0.789. The molecule has 1 aromatic rings. The molecule has 0 radical (unpaired) electrons. The molecule has 3 rings (SSSR count). The first-order valence-corrected chi connectivity index (χ1v) is 6.43. The van der Waals surface area contributed by atoms with Gasteiger partial charge >= 0.3 is 0 Å². The van der Waals surface area contributed by atoms with Gasteiger partial charge in [0.2, 0.25) is 0 Å². The lowest BCUT2D eigenvalue weighted by molar-refractivity contribution is 0.143. The number of para-hydroxylation sites is 1. The highest BCUT2D eigenvalue weighted by atomic mass is 35.5. The first-order valence-electron chi connectivity index (χ1n) is 6.06. The molecule has 0 bridgehead atoms. The van der Waals surface area contributed by atoms with Crippen molar-refractivity contribution in [3.8, 4) is 5.75 Å². The van der Waals surface area contributed by atoms with E-state index in [1.165, 1.54) is 11.4 Å². The van der Waals surface area contributed by atoms with E-state index < -0.39 is 0 Å². The molecule has 6 heteroatoms. The van der Waals surface area contributed by atoms with Crippen molar-refractivity contribution < 1.29 is 4.74 Å². The third kappa shape index (κ3) is 1.93. The minimum Gasteiger partial charge on any atom is -0.487 e. The second-order valence-corrected chi connectivity index (χ2v) is 5.04. The Morgan fingerprint density at radius 3 is 2.94 bits per heavy atom. The Balaban J connectivity index is 1.85. The lowest BCUT2D eigenvalue weighted by atomic mass is 10.1. The van der Waals surface area contributed by atoms with E-state index >= 15 is 0 Å². The zero-order valence-electron chi connectivity index (χ0n) is 9.88. The van der Waals surface area contributed by atoms with Gasteiger partial charge in [0.05, 0.1) is 10.3 Å². The van der Waals surface area contributed by atoms with Gasteiger partial charge in [-0.2, -0.15) is 0 Å². The number of rotatable bonds is 3. The summed E-state index contributed by atoms with van der Waals surface area (Å²) >= 11 is 6.05. The number of nitroso groups, excluding NO2 is 1. The molecule has 0 N–H and O–H groups in total. The fourth-order valence-electron chi connectivity index (χ4n) is 2.37. The zero-order valence-corrected chi connectivity index (χ0v) is 10.6. The van der Waals surface area contributed by atoms with Crippen molar-refractivity contribution in [1.82, 2.24) is 4.90 Å². The van der Waals surface area contributed by atoms with Crippen molar-refractivity contribution in [2.45, 2.75) is 12.5 Å². The number of halogens is 1. The maximum absolute atomic E-state index is 11.1. The Morgan fingerprint density at radius 2 is 2.28 bits per heavy atom. The Labute approximate surface area is 110 Å². The number of nitrogens with zero attached hydrogens (tertiary/aromatic N) is 3. The highest BCUT2D eigenvalue weighted by Crippen LogP contribution is 2.39. The molecule has 1 fully saturated rings. The number of hydrogen-bond acceptors (Lipinski definition) is 4. The summed E-state index contributed by atoms with van der Waals surface area (Å²) in [6.45, 7) is 3.42. The summed E-state index contributed by atoms with van der Waals surface area (Å²) in [5.41, 5.74) is 0.661. The number of benzene rings is 1. The lowest BCUT2D eigenvalue weighted by Gasteiger charge is -2.39. The van der Waals surface area contributed by atoms with Crippen molar-refractivity contribution in [3.63, 3.8) is 0 Å². The number of anilines is 1. The summed E-state index contributed by atoms with van der Waals surface area (Å²) in [7, 11) is 0. The average Bonchev–Trinajstić information content (AvgIpc) is 2.33. The lowest BCUT2D eigenvalue weighted by Crippen LogP contribution is -2.51. The molecular weight excluding hydrogens is 254 g/mol. The smallest absolute Gasteiger partial charge is 0.163 e. The molecule has 1 atom stereocenters. The van der Waals surface area contributed by atoms with Crippen molar-refractivity contribution in [2.24, 2.45) is 5.29 Å². The van der Waals surface area contributed by atoms with E-state index in [0.29, 0.717) is 23.1 Å². The minimum absolute atomic E-state index is 0.0335. The van der Waals surface area contributed by atoms with Crippen LogP contribution in [-0.2, 0) is 0 Å². The first kappa shape index (κ1) is 11.7. The zero-order chi connectivity index (χ0) is 12.5. The van der Waals surface area contributed by atoms with Crippen LogP contribution in [0.25, 0.3) is 0 Å². The molecule has 18 heavy (non-hydrogen) atoms. The summed E-state index contributed by atoms with van der Waals surface area (Å²) in [5.74, 6) is 0.554. The molecule has 2 heterocycles. The van der Waals surface area contributed by atoms with E-state index in [1.807, 2.05) is 6.07 Å². The summed E-state index contributed by atoms with van der Waals surface area (Å²) in [5, 5.41) is 5.15. The predicted octanol–water partition coefficient (Wildman–Crippen LogP) is 2.29. The molecular formula is C12H14ClN3O2. The van der Waals surface area contributed by atoms with Crippen LogP contribution >= 0.6 is 11.6 Å². The van der Waals surface area contributed by atoms with Gasteiger partial charge in [0.15, 0.2) is 5.75 Å². The monoisotopic (exact) mass is 267 g/mol. The Morgan fingerprint density at radius 1 is 1.44 bits per heavy atom. The van der Waals surface area contributed by atoms with E-state index in [0.717, 1.165) is 19.6 Å². The van der Waals surface area contributed by atoms with E-state index in [9.17, 15) is 4.91 Å². The van der Waals surface area contributed by atoms with Gasteiger partial charge in [-0.25, -0.2) is 5.01 Å². The normalized spacial score (nSPS) is 22.9. The minimum atomic E-state index is -0.0335. The van der Waals surface area contributed by atoms with Crippen LogP contribution < -0.4 is 9.75 Å². The van der Waals surface area contributed by atoms with Gasteiger partial charge in [0.1, 0.15) is 18.3 Å². The Bertz CT molecular complexity index is 465. The number of likely N-dealkylation sites (tertiary alicyclic amines) is 1. The maximum Gasteiger partial charge on any atom is 0.163 e. The topological polar surface area (TPSA) is 45.1 Å². The van der Waals surface area contributed by atoms with Gasteiger partial charge in [-0.15, -0.1) is 4.91 Å². The molecule has 2 aliphatic rings. The molecule has 2 aliphatic heterocycles. The Hall–Kier alpha value is -1.33. The third-order valence-electron chi connectivity index (χ3n) is 3.46. The van der Waals surface area contributed by atoms with Crippen LogP contribution in [0.15, 0.2) is 23.5 Å². The first-order chi connectivity index (χ1) is 8.79. The second kappa shape index (κ2) is 4.74. The average molecular weight is 268 g/mol. The van der Waals surface area contributed by atoms with Crippen molar-refractivity contribution in [2.75, 3.05) is 31.3 Å². The molecule has 0 spiro atoms. The van der Waals surface area contributed by atoms with Crippen LogP contribution in [0.4, 0.5) is 5.69 Å². The van der Waals surface area contributed by atoms with Crippen LogP contribution in [-0.4, -0.2) is 37.2 Å². The maximum atomic E-state index is 11.1. The fourth-order valence-corrected chi connectivity index (χ4v) is 2.59. The predicted molar refractivity (Wildman–Crippen MR) is 70.1 cm³/mol. The molecule has 1 saturated heterocycles. The molecule has 0 amide bonds. The molecule has 0 aromatic heterocycles. The highest BCUT2D eigenvalue weighted by molar-refractivity contribution is 6.32. The van der Waals surface area contributed by atoms with E-state index in [4.69, 9.17) is 16.3 Å². The van der Waals surface area contributed by atoms with E-state index in [2.05, 4.69) is 10.2 Å². The van der Waals surface area contributed by atoms with Gasteiger partial charge < -0.3 is 9.64 Å². The van der Waals surface area contributed by atoms with Crippen molar-refractivity contribution in [3.05, 3.63) is 28.1 Å². The third-order valence-corrected chi connectivity index (χ3v) is 3.76. The van der Waals surface area contributed by atoms with Crippen LogP contribution in [0, 0.1) is 4.91 Å². The van der Waals surface area contributed by atoms with Crippen molar-refractivity contribution in [1.29, 1.82) is 0 Å². The van der Waals surface area contributed by atoms with Gasteiger partial charge in [0, 0.05) is 6.54 Å². The Kier molecular flexibility index (Phi) is 3.09. The molecule has 1 aromatic carbocycles. The summed E-state index contributed by atoms with van der Waals surface area (Å²) in [6, 6.07) is 5.33. The fraction of sp³-hybridized carbons (Fsp3) is 0.500. The van der Waals surface area contributed by atoms with Gasteiger partial charge in [-0.1, -0.05) is 17.7 Å². The van der Waals surface area contributed by atoms with Crippen LogP contribution in [0.2, 0.25) is 5.02 Å². The molecule has 96 valence electrons. The summed E-state index contributed by atoms with van der Waals surface area (Å²) in [4.78, 5) is 13.4. The SMILES string of the molecule is O=NN1c2cccc(Cl)c2OCC1CN1CCC1. The summed E-state index contributed by atoms with van der Waals surface area (Å²) < 4.78 is 5.67. The summed E-state index contributed by atoms with van der Waals surface area (Å²) in [6.07, 6.45) is 1.23. The largest absolute Gasteiger partial charge is 0.487 e. The highest BCUT2D eigenvalue weighted by Gasteiger charge is 2.32. The molecule has 1 unspecified atom stereocenters. The van der Waals surface area contributed by atoms with Crippen molar-refractivity contribution >= 4 is 17.3 Å². The number of fused-ring (bicyclic) bond motifs is 1. The standard InChI is InChI=1S/C12H14ClN3O2/c13-10-3-1-4-11-12(10)18-8-9(16(11)14-17)7-15-5-2-6-15/h1,3-4,9H,2,5-8H2. The second-order valence-electron chi connectivity index (χ2n) is 4.63. The van der Waals surface area contributed by atoms with Gasteiger partial charge in [-0.3, -0.25) is 0 Å². The number of hydrogen-bond donors (Lipinski definition) is 0. The van der Waals surface area contributed by atoms with Gasteiger partial charge in [0.25, 0.3) is 0 Å². The van der Waals surface area contributed by atoms with E-state index in [-0.39, 0.29) is 6.04 Å². The number of ether oxygens (including phenoxy) is 1. The molecule has 5 nitrogen and oxygen atoms in total. The molecule has 0 aliphatic carbocycles. The van der Waals surface area contributed by atoms with E-state index in [1.54, 1.807) is 12.1 Å². The molecule has 0 saturated carbocycles.